The maximum atomic E-state index is 14.4. The average Bonchev–Trinajstić information content (AvgIpc) is 2.91. The summed E-state index contributed by atoms with van der Waals surface area (Å²) in [5, 5.41) is 12.4. The zero-order valence-corrected chi connectivity index (χ0v) is 13.5. The molecule has 0 saturated carbocycles. The van der Waals surface area contributed by atoms with Gasteiger partial charge in [-0.2, -0.15) is 0 Å². The third kappa shape index (κ3) is 2.35. The van der Waals surface area contributed by atoms with E-state index in [2.05, 4.69) is 4.90 Å². The topological polar surface area (TPSA) is 26.5 Å². The van der Waals surface area contributed by atoms with Crippen LogP contribution in [0.15, 0.2) is 54.6 Å². The number of β-amino-alcohol motifs (C(OH)–C–C–N with tert-alkyl or cyclic N) is 1. The van der Waals surface area contributed by atoms with Crippen molar-refractivity contribution >= 4 is 22.6 Å². The molecular formula is C18H18FN2OS+. The van der Waals surface area contributed by atoms with E-state index in [1.165, 1.54) is 6.07 Å². The highest BCUT2D eigenvalue weighted by atomic mass is 32.2. The molecule has 0 saturated heterocycles. The Hall–Kier alpha value is -1.85. The highest BCUT2D eigenvalue weighted by molar-refractivity contribution is 8.13. The second-order valence-corrected chi connectivity index (χ2v) is 6.92. The monoisotopic (exact) mass is 329 g/mol. The van der Waals surface area contributed by atoms with Crippen LogP contribution in [0.2, 0.25) is 0 Å². The third-order valence-electron chi connectivity index (χ3n) is 4.42. The molecule has 0 aromatic heterocycles. The lowest BCUT2D eigenvalue weighted by atomic mass is 10.0. The lowest BCUT2D eigenvalue weighted by Gasteiger charge is -2.24. The quantitative estimate of drug-likeness (QED) is 0.858. The van der Waals surface area contributed by atoms with Crippen LogP contribution in [0, 0.1) is 5.82 Å². The predicted octanol–water partition coefficient (Wildman–Crippen LogP) is 3.00. The van der Waals surface area contributed by atoms with E-state index in [0.29, 0.717) is 12.1 Å². The first-order chi connectivity index (χ1) is 11.2. The standard InChI is InChI=1S/C18H18FN2OS/c19-16-10-5-4-9-15(16)18(22)13-20(14-7-2-1-3-8-14)17-21(18)11-6-12-23-17/h1-5,7-10,22H,6,11-13H2/q+1/t18-/m1/s1. The number of benzene rings is 2. The number of nitrogens with zero attached hydrogens (tertiary/aromatic N) is 2. The van der Waals surface area contributed by atoms with Gasteiger partial charge in [-0.3, -0.25) is 0 Å². The molecule has 4 rings (SSSR count). The minimum Gasteiger partial charge on any atom is -0.346 e. The van der Waals surface area contributed by atoms with Crippen LogP contribution in [0.3, 0.4) is 0 Å². The summed E-state index contributed by atoms with van der Waals surface area (Å²) >= 11 is 1.73. The fraction of sp³-hybridized carbons (Fsp3) is 0.278. The number of amidine groups is 1. The zero-order chi connectivity index (χ0) is 15.9. The molecule has 0 radical (unpaired) electrons. The molecule has 2 aliphatic rings. The second kappa shape index (κ2) is 5.65. The minimum atomic E-state index is -1.33. The Morgan fingerprint density at radius 2 is 1.83 bits per heavy atom. The van der Waals surface area contributed by atoms with Crippen molar-refractivity contribution in [1.82, 2.24) is 0 Å². The van der Waals surface area contributed by atoms with E-state index in [4.69, 9.17) is 0 Å². The smallest absolute Gasteiger partial charge is 0.316 e. The van der Waals surface area contributed by atoms with Gasteiger partial charge in [0, 0.05) is 5.75 Å². The minimum absolute atomic E-state index is 0.334. The Morgan fingerprint density at radius 3 is 2.61 bits per heavy atom. The van der Waals surface area contributed by atoms with Gasteiger partial charge >= 0.3 is 5.17 Å². The van der Waals surface area contributed by atoms with Crippen LogP contribution >= 0.6 is 11.8 Å². The van der Waals surface area contributed by atoms with Gasteiger partial charge in [0.2, 0.25) is 0 Å². The highest BCUT2D eigenvalue weighted by Crippen LogP contribution is 2.38. The second-order valence-electron chi connectivity index (χ2n) is 5.85. The van der Waals surface area contributed by atoms with Crippen LogP contribution in [0.5, 0.6) is 0 Å². The van der Waals surface area contributed by atoms with Crippen molar-refractivity contribution < 1.29 is 14.1 Å². The van der Waals surface area contributed by atoms with Crippen molar-refractivity contribution in [2.45, 2.75) is 12.1 Å². The first-order valence-corrected chi connectivity index (χ1v) is 8.76. The fourth-order valence-electron chi connectivity index (χ4n) is 3.33. The molecule has 0 fully saturated rings. The van der Waals surface area contributed by atoms with Gasteiger partial charge < -0.3 is 5.11 Å². The van der Waals surface area contributed by atoms with Crippen molar-refractivity contribution in [2.24, 2.45) is 0 Å². The summed E-state index contributed by atoms with van der Waals surface area (Å²) in [7, 11) is 0. The molecule has 2 heterocycles. The van der Waals surface area contributed by atoms with E-state index < -0.39 is 5.72 Å². The predicted molar refractivity (Wildman–Crippen MR) is 91.3 cm³/mol. The summed E-state index contributed by atoms with van der Waals surface area (Å²) in [6.07, 6.45) is 0.980. The summed E-state index contributed by atoms with van der Waals surface area (Å²) in [4.78, 5) is 2.09. The first kappa shape index (κ1) is 14.7. The van der Waals surface area contributed by atoms with Gasteiger partial charge in [-0.1, -0.05) is 30.3 Å². The van der Waals surface area contributed by atoms with E-state index in [0.717, 1.165) is 29.6 Å². The number of para-hydroxylation sites is 1. The molecule has 0 spiro atoms. The van der Waals surface area contributed by atoms with Gasteiger partial charge in [-0.15, -0.1) is 0 Å². The van der Waals surface area contributed by atoms with Gasteiger partial charge in [0.05, 0.1) is 12.1 Å². The normalized spacial score (nSPS) is 24.0. The summed E-state index contributed by atoms with van der Waals surface area (Å²) in [6, 6.07) is 16.5. The van der Waals surface area contributed by atoms with Crippen molar-refractivity contribution in [3.05, 3.63) is 66.0 Å². The molecule has 118 valence electrons. The summed E-state index contributed by atoms with van der Waals surface area (Å²) in [5.41, 5.74) is 0.0387. The van der Waals surface area contributed by atoms with Gasteiger partial charge in [-0.05, 0) is 42.4 Å². The Kier molecular flexibility index (Phi) is 3.62. The molecule has 1 atom stereocenters. The molecule has 2 aromatic rings. The number of halogens is 1. The number of hydrogen-bond acceptors (Lipinski definition) is 3. The van der Waals surface area contributed by atoms with E-state index in [1.807, 2.05) is 34.9 Å². The van der Waals surface area contributed by atoms with Crippen molar-refractivity contribution in [3.8, 4) is 0 Å². The molecular weight excluding hydrogens is 311 g/mol. The maximum absolute atomic E-state index is 14.4. The lowest BCUT2D eigenvalue weighted by Crippen LogP contribution is -2.42. The van der Waals surface area contributed by atoms with E-state index in [1.54, 1.807) is 30.0 Å². The van der Waals surface area contributed by atoms with Gasteiger partial charge in [-0.25, -0.2) is 13.9 Å². The van der Waals surface area contributed by atoms with Crippen molar-refractivity contribution in [1.29, 1.82) is 0 Å². The van der Waals surface area contributed by atoms with Crippen LogP contribution in [0.25, 0.3) is 0 Å². The highest BCUT2D eigenvalue weighted by Gasteiger charge is 2.54. The van der Waals surface area contributed by atoms with Crippen LogP contribution in [-0.2, 0) is 5.72 Å². The molecule has 2 aliphatic heterocycles. The molecule has 1 N–H and O–H groups in total. The van der Waals surface area contributed by atoms with Crippen LogP contribution in [0.1, 0.15) is 12.0 Å². The van der Waals surface area contributed by atoms with E-state index >= 15 is 0 Å². The van der Waals surface area contributed by atoms with Gasteiger partial charge in [0.25, 0.3) is 5.72 Å². The average molecular weight is 329 g/mol. The fourth-order valence-corrected chi connectivity index (χ4v) is 4.51. The Balaban J connectivity index is 1.84. The molecule has 2 aromatic carbocycles. The zero-order valence-electron chi connectivity index (χ0n) is 12.7. The van der Waals surface area contributed by atoms with Crippen LogP contribution in [-0.4, -0.2) is 33.7 Å². The molecule has 0 aliphatic carbocycles. The number of hydrogen-bond donors (Lipinski definition) is 1. The molecule has 0 unspecified atom stereocenters. The molecule has 23 heavy (non-hydrogen) atoms. The Labute approximate surface area is 139 Å². The van der Waals surface area contributed by atoms with E-state index in [9.17, 15) is 9.50 Å². The number of rotatable bonds is 2. The number of anilines is 1. The molecule has 0 bridgehead atoms. The first-order valence-electron chi connectivity index (χ1n) is 7.77. The number of thioether (sulfide) groups is 1. The van der Waals surface area contributed by atoms with Crippen molar-refractivity contribution in [2.75, 3.05) is 23.7 Å². The third-order valence-corrected chi connectivity index (χ3v) is 5.61. The summed E-state index contributed by atoms with van der Waals surface area (Å²) in [6.45, 7) is 1.07. The van der Waals surface area contributed by atoms with Crippen LogP contribution in [0.4, 0.5) is 10.1 Å². The Bertz CT molecular complexity index is 765. The number of aliphatic hydroxyl groups is 1. The SMILES string of the molecule is O[C@@]1(c2ccccc2F)CN(c2ccccc2)C2=[N+]1CCCS2. The van der Waals surface area contributed by atoms with Gasteiger partial charge in [0.15, 0.2) is 6.54 Å². The largest absolute Gasteiger partial charge is 0.346 e. The lowest BCUT2D eigenvalue weighted by molar-refractivity contribution is -0.657. The maximum Gasteiger partial charge on any atom is 0.316 e. The van der Waals surface area contributed by atoms with Gasteiger partial charge in [0.1, 0.15) is 11.5 Å². The van der Waals surface area contributed by atoms with E-state index in [-0.39, 0.29) is 5.82 Å². The Morgan fingerprint density at radius 1 is 1.09 bits per heavy atom. The molecule has 0 amide bonds. The summed E-state index contributed by atoms with van der Waals surface area (Å²) < 4.78 is 16.3. The van der Waals surface area contributed by atoms with Crippen LogP contribution < -0.4 is 4.90 Å². The van der Waals surface area contributed by atoms with Crippen molar-refractivity contribution in [3.63, 3.8) is 0 Å². The summed E-state index contributed by atoms with van der Waals surface area (Å²) in [5.74, 6) is 0.655. The molecule has 5 heteroatoms. The molecule has 3 nitrogen and oxygen atoms in total.